The maximum atomic E-state index is 12.6. The lowest BCUT2D eigenvalue weighted by Crippen LogP contribution is -2.35. The smallest absolute Gasteiger partial charge is 0.244 e. The number of amides is 1. The van der Waals surface area contributed by atoms with E-state index in [4.69, 9.17) is 9.15 Å². The van der Waals surface area contributed by atoms with Crippen LogP contribution in [0.15, 0.2) is 57.6 Å². The molecule has 1 amide bonds. The van der Waals surface area contributed by atoms with Gasteiger partial charge in [0.05, 0.1) is 13.4 Å². The van der Waals surface area contributed by atoms with E-state index in [1.54, 1.807) is 19.4 Å². The van der Waals surface area contributed by atoms with Gasteiger partial charge >= 0.3 is 0 Å². The number of carbonyl (C=O) groups is 1. The van der Waals surface area contributed by atoms with Gasteiger partial charge in [0.25, 0.3) is 0 Å². The molecule has 2 aromatic carbocycles. The number of furan rings is 1. The van der Waals surface area contributed by atoms with Gasteiger partial charge in [-0.05, 0) is 49.1 Å². The fourth-order valence-electron chi connectivity index (χ4n) is 4.18. The average molecular weight is 468 g/mol. The van der Waals surface area contributed by atoms with Gasteiger partial charge in [-0.25, -0.2) is 0 Å². The van der Waals surface area contributed by atoms with Gasteiger partial charge in [0, 0.05) is 39.2 Å². The van der Waals surface area contributed by atoms with Crippen LogP contribution in [0, 0.1) is 0 Å². The van der Waals surface area contributed by atoms with Crippen LogP contribution in [0.5, 0.6) is 5.75 Å². The first kappa shape index (κ1) is 20.7. The first-order valence-electron chi connectivity index (χ1n) is 10.4. The molecule has 1 fully saturated rings. The minimum Gasteiger partial charge on any atom is -0.496 e. The zero-order valence-electron chi connectivity index (χ0n) is 17.3. The summed E-state index contributed by atoms with van der Waals surface area (Å²) < 4.78 is 12.4. The molecular formula is C25H26BrNO3. The second-order valence-corrected chi connectivity index (χ2v) is 8.79. The predicted octanol–water partition coefficient (Wildman–Crippen LogP) is 6.72. The lowest BCUT2D eigenvalue weighted by molar-refractivity contribution is -0.117. The summed E-state index contributed by atoms with van der Waals surface area (Å²) >= 11 is 3.54. The summed E-state index contributed by atoms with van der Waals surface area (Å²) in [5.74, 6) is 0.651. The van der Waals surface area contributed by atoms with E-state index in [0.29, 0.717) is 5.75 Å². The van der Waals surface area contributed by atoms with Crippen LogP contribution in [-0.4, -0.2) is 19.1 Å². The Balaban J connectivity index is 1.68. The Morgan fingerprint density at radius 2 is 2.00 bits per heavy atom. The Morgan fingerprint density at radius 3 is 2.73 bits per heavy atom. The Morgan fingerprint density at radius 1 is 1.20 bits per heavy atom. The van der Waals surface area contributed by atoms with Crippen molar-refractivity contribution in [3.05, 3.63) is 58.8 Å². The molecule has 156 valence electrons. The number of halogens is 1. The van der Waals surface area contributed by atoms with Crippen LogP contribution >= 0.6 is 15.9 Å². The Kier molecular flexibility index (Phi) is 6.28. The molecule has 1 N–H and O–H groups in total. The Hall–Kier alpha value is -2.53. The first-order chi connectivity index (χ1) is 14.5. The summed E-state index contributed by atoms with van der Waals surface area (Å²) in [4.78, 5) is 12.6. The first-order valence-corrected chi connectivity index (χ1v) is 11.2. The molecule has 0 saturated heterocycles. The third kappa shape index (κ3) is 4.46. The van der Waals surface area contributed by atoms with Crippen molar-refractivity contribution in [2.24, 2.45) is 0 Å². The van der Waals surface area contributed by atoms with E-state index in [2.05, 4.69) is 33.4 Å². The van der Waals surface area contributed by atoms with Gasteiger partial charge < -0.3 is 14.5 Å². The number of hydrogen-bond acceptors (Lipinski definition) is 3. The highest BCUT2D eigenvalue weighted by molar-refractivity contribution is 9.10. The van der Waals surface area contributed by atoms with Gasteiger partial charge in [0.15, 0.2) is 0 Å². The molecule has 1 saturated carbocycles. The van der Waals surface area contributed by atoms with Crippen LogP contribution in [0.3, 0.4) is 0 Å². The van der Waals surface area contributed by atoms with E-state index in [9.17, 15) is 4.79 Å². The number of hydrogen-bond donors (Lipinski definition) is 1. The molecule has 0 unspecified atom stereocenters. The molecule has 0 atom stereocenters. The highest BCUT2D eigenvalue weighted by Gasteiger charge is 2.17. The standard InChI is InChI=1S/C25H26BrNO3/c1-16(11-25(28)27-19-9-4-3-5-10-19)20-13-21-22(17-7-6-8-18(26)12-17)15-30-24(21)14-23(20)29-2/h6-8,11-15,19H,3-5,9-10H2,1-2H3,(H,27,28)/b16-11+. The van der Waals surface area contributed by atoms with E-state index in [0.717, 1.165) is 50.5 Å². The monoisotopic (exact) mass is 467 g/mol. The molecule has 0 radical (unpaired) electrons. The maximum absolute atomic E-state index is 12.6. The highest BCUT2D eigenvalue weighted by Crippen LogP contribution is 2.37. The molecule has 1 aromatic heterocycles. The van der Waals surface area contributed by atoms with E-state index in [1.807, 2.05) is 31.2 Å². The highest BCUT2D eigenvalue weighted by atomic mass is 79.9. The van der Waals surface area contributed by atoms with Crippen LogP contribution in [0.4, 0.5) is 0 Å². The van der Waals surface area contributed by atoms with E-state index < -0.39 is 0 Å². The molecule has 1 aliphatic rings. The van der Waals surface area contributed by atoms with Crippen molar-refractivity contribution in [3.8, 4) is 16.9 Å². The zero-order chi connectivity index (χ0) is 21.1. The van der Waals surface area contributed by atoms with Crippen molar-refractivity contribution >= 4 is 38.4 Å². The summed E-state index contributed by atoms with van der Waals surface area (Å²) in [6.07, 6.45) is 9.23. The molecule has 5 heteroatoms. The number of carbonyl (C=O) groups excluding carboxylic acids is 1. The molecule has 4 nitrogen and oxygen atoms in total. The van der Waals surface area contributed by atoms with Crippen molar-refractivity contribution in [2.45, 2.75) is 45.1 Å². The van der Waals surface area contributed by atoms with Crippen molar-refractivity contribution < 1.29 is 13.9 Å². The van der Waals surface area contributed by atoms with Crippen molar-refractivity contribution in [1.29, 1.82) is 0 Å². The number of fused-ring (bicyclic) bond motifs is 1. The molecule has 30 heavy (non-hydrogen) atoms. The average Bonchev–Trinajstić information content (AvgIpc) is 3.16. The number of ether oxygens (including phenoxy) is 1. The molecular weight excluding hydrogens is 442 g/mol. The third-order valence-corrected chi connectivity index (χ3v) is 6.25. The topological polar surface area (TPSA) is 51.5 Å². The molecule has 3 aromatic rings. The Bertz CT molecular complexity index is 1090. The fourth-order valence-corrected chi connectivity index (χ4v) is 4.58. The fraction of sp³-hybridized carbons (Fsp3) is 0.320. The summed E-state index contributed by atoms with van der Waals surface area (Å²) in [5, 5.41) is 4.14. The van der Waals surface area contributed by atoms with Crippen molar-refractivity contribution in [1.82, 2.24) is 5.32 Å². The molecule has 0 spiro atoms. The minimum atomic E-state index is -0.0408. The SMILES string of the molecule is COc1cc2occ(-c3cccc(Br)c3)c2cc1/C(C)=C/C(=O)NC1CCCCC1. The van der Waals surface area contributed by atoms with E-state index in [-0.39, 0.29) is 11.9 Å². The molecule has 1 heterocycles. The normalized spacial score (nSPS) is 15.4. The largest absolute Gasteiger partial charge is 0.496 e. The second kappa shape index (κ2) is 9.09. The Labute approximate surface area is 185 Å². The third-order valence-electron chi connectivity index (χ3n) is 5.76. The van der Waals surface area contributed by atoms with Crippen molar-refractivity contribution in [3.63, 3.8) is 0 Å². The van der Waals surface area contributed by atoms with Gasteiger partial charge in [-0.1, -0.05) is 47.3 Å². The van der Waals surface area contributed by atoms with Crippen LogP contribution in [0.2, 0.25) is 0 Å². The minimum absolute atomic E-state index is 0.0408. The lowest BCUT2D eigenvalue weighted by Gasteiger charge is -2.22. The lowest BCUT2D eigenvalue weighted by atomic mass is 9.95. The van der Waals surface area contributed by atoms with Gasteiger partial charge in [-0.3, -0.25) is 4.79 Å². The molecule has 0 aliphatic heterocycles. The number of nitrogens with one attached hydrogen (secondary N) is 1. The van der Waals surface area contributed by atoms with Gasteiger partial charge in [-0.15, -0.1) is 0 Å². The van der Waals surface area contributed by atoms with Gasteiger partial charge in [-0.2, -0.15) is 0 Å². The quantitative estimate of drug-likeness (QED) is 0.423. The summed E-state index contributed by atoms with van der Waals surface area (Å²) in [6, 6.07) is 12.3. The predicted molar refractivity (Wildman–Crippen MR) is 125 cm³/mol. The zero-order valence-corrected chi connectivity index (χ0v) is 18.9. The maximum Gasteiger partial charge on any atom is 0.244 e. The second-order valence-electron chi connectivity index (χ2n) is 7.88. The number of rotatable bonds is 5. The van der Waals surface area contributed by atoms with Crippen LogP contribution in [-0.2, 0) is 4.79 Å². The number of allylic oxidation sites excluding steroid dienone is 1. The van der Waals surface area contributed by atoms with E-state index >= 15 is 0 Å². The number of benzene rings is 2. The van der Waals surface area contributed by atoms with Crippen LogP contribution in [0.1, 0.15) is 44.6 Å². The van der Waals surface area contributed by atoms with Crippen LogP contribution in [0.25, 0.3) is 27.7 Å². The molecule has 1 aliphatic carbocycles. The molecule has 0 bridgehead atoms. The van der Waals surface area contributed by atoms with Gasteiger partial charge in [0.2, 0.25) is 5.91 Å². The van der Waals surface area contributed by atoms with Crippen LogP contribution < -0.4 is 10.1 Å². The number of methoxy groups -OCH3 is 1. The summed E-state index contributed by atoms with van der Waals surface area (Å²) in [7, 11) is 1.64. The molecule has 4 rings (SSSR count). The van der Waals surface area contributed by atoms with E-state index in [1.165, 1.54) is 19.3 Å². The van der Waals surface area contributed by atoms with Crippen molar-refractivity contribution in [2.75, 3.05) is 7.11 Å². The summed E-state index contributed by atoms with van der Waals surface area (Å²) in [6.45, 7) is 1.95. The van der Waals surface area contributed by atoms with Gasteiger partial charge in [0.1, 0.15) is 11.3 Å². The summed E-state index contributed by atoms with van der Waals surface area (Å²) in [5.41, 5.74) is 4.58.